The predicted molar refractivity (Wildman–Crippen MR) is 96.5 cm³/mol. The number of aryl methyl sites for hydroxylation is 1. The van der Waals surface area contributed by atoms with E-state index in [2.05, 4.69) is 0 Å². The Morgan fingerprint density at radius 3 is 2.48 bits per heavy atom. The van der Waals surface area contributed by atoms with Crippen LogP contribution in [0.2, 0.25) is 5.02 Å². The van der Waals surface area contributed by atoms with Gasteiger partial charge in [-0.25, -0.2) is 12.4 Å². The Morgan fingerprint density at radius 1 is 1.08 bits per heavy atom. The SMILES string of the molecule is O=C(O)CCCc1cc2cc(Cl)ccc2n1S(=O)(=O)c1ccccc1. The van der Waals surface area contributed by atoms with Crippen molar-refractivity contribution in [1.29, 1.82) is 0 Å². The largest absolute Gasteiger partial charge is 0.481 e. The number of fused-ring (bicyclic) bond motifs is 1. The summed E-state index contributed by atoms with van der Waals surface area (Å²) in [7, 11) is -3.79. The summed E-state index contributed by atoms with van der Waals surface area (Å²) >= 11 is 6.02. The lowest BCUT2D eigenvalue weighted by molar-refractivity contribution is -0.137. The molecular formula is C18H16ClNO4S. The van der Waals surface area contributed by atoms with E-state index in [1.165, 1.54) is 16.1 Å². The fourth-order valence-corrected chi connectivity index (χ4v) is 4.57. The highest BCUT2D eigenvalue weighted by atomic mass is 35.5. The van der Waals surface area contributed by atoms with Gasteiger partial charge in [0.2, 0.25) is 0 Å². The summed E-state index contributed by atoms with van der Waals surface area (Å²) < 4.78 is 27.5. The van der Waals surface area contributed by atoms with Crippen LogP contribution >= 0.6 is 11.6 Å². The number of halogens is 1. The van der Waals surface area contributed by atoms with Crippen molar-refractivity contribution >= 4 is 38.5 Å². The summed E-state index contributed by atoms with van der Waals surface area (Å²) in [6.45, 7) is 0. The first kappa shape index (κ1) is 17.5. The molecule has 130 valence electrons. The molecule has 2 aromatic carbocycles. The molecule has 0 saturated carbocycles. The molecule has 7 heteroatoms. The fourth-order valence-electron chi connectivity index (χ4n) is 2.79. The predicted octanol–water partition coefficient (Wildman–Crippen LogP) is 3.94. The van der Waals surface area contributed by atoms with Crippen molar-refractivity contribution in [3.8, 4) is 0 Å². The number of aromatic nitrogens is 1. The van der Waals surface area contributed by atoms with Gasteiger partial charge in [-0.2, -0.15) is 0 Å². The number of benzene rings is 2. The summed E-state index contributed by atoms with van der Waals surface area (Å²) in [5.74, 6) is -0.906. The zero-order valence-electron chi connectivity index (χ0n) is 13.2. The molecule has 0 spiro atoms. The molecular weight excluding hydrogens is 362 g/mol. The Morgan fingerprint density at radius 2 is 1.80 bits per heavy atom. The molecule has 25 heavy (non-hydrogen) atoms. The maximum Gasteiger partial charge on any atom is 0.303 e. The van der Waals surface area contributed by atoms with Crippen LogP contribution in [0.15, 0.2) is 59.5 Å². The molecule has 0 aliphatic carbocycles. The van der Waals surface area contributed by atoms with E-state index in [1.807, 2.05) is 0 Å². The van der Waals surface area contributed by atoms with Crippen molar-refractivity contribution in [3.63, 3.8) is 0 Å². The molecule has 0 radical (unpaired) electrons. The molecule has 1 aromatic heterocycles. The second kappa shape index (κ2) is 6.90. The van der Waals surface area contributed by atoms with Gasteiger partial charge in [0.25, 0.3) is 10.0 Å². The quantitative estimate of drug-likeness (QED) is 0.705. The minimum Gasteiger partial charge on any atom is -0.481 e. The minimum absolute atomic E-state index is 0.0202. The third kappa shape index (κ3) is 3.55. The summed E-state index contributed by atoms with van der Waals surface area (Å²) in [5.41, 5.74) is 1.07. The standard InChI is InChI=1S/C18H16ClNO4S/c19-14-9-10-17-13(11-14)12-15(5-4-8-18(21)22)20(17)25(23,24)16-6-2-1-3-7-16/h1-3,6-7,9-12H,4-5,8H2,(H,21,22). The first-order valence-corrected chi connectivity index (χ1v) is 9.54. The smallest absolute Gasteiger partial charge is 0.303 e. The van der Waals surface area contributed by atoms with Crippen LogP contribution in [0.25, 0.3) is 10.9 Å². The van der Waals surface area contributed by atoms with Gasteiger partial charge in [-0.05, 0) is 49.2 Å². The van der Waals surface area contributed by atoms with Crippen LogP contribution < -0.4 is 0 Å². The number of nitrogens with zero attached hydrogens (tertiary/aromatic N) is 1. The van der Waals surface area contributed by atoms with Crippen LogP contribution in [-0.4, -0.2) is 23.5 Å². The minimum atomic E-state index is -3.79. The highest BCUT2D eigenvalue weighted by Gasteiger charge is 2.22. The molecule has 3 rings (SSSR count). The second-order valence-corrected chi connectivity index (χ2v) is 7.89. The third-order valence-electron chi connectivity index (χ3n) is 3.90. The summed E-state index contributed by atoms with van der Waals surface area (Å²) in [5, 5.41) is 10.1. The van der Waals surface area contributed by atoms with E-state index in [0.717, 1.165) is 0 Å². The summed E-state index contributed by atoms with van der Waals surface area (Å²) in [6.07, 6.45) is 0.669. The van der Waals surface area contributed by atoms with Crippen molar-refractivity contribution in [2.45, 2.75) is 24.2 Å². The molecule has 0 atom stereocenters. The maximum absolute atomic E-state index is 13.1. The van der Waals surface area contributed by atoms with E-state index in [0.29, 0.717) is 34.5 Å². The van der Waals surface area contributed by atoms with Crippen LogP contribution in [0.1, 0.15) is 18.5 Å². The first-order chi connectivity index (χ1) is 11.9. The Kier molecular flexibility index (Phi) is 4.83. The average Bonchev–Trinajstić information content (AvgIpc) is 2.93. The van der Waals surface area contributed by atoms with Gasteiger partial charge in [0, 0.05) is 22.5 Å². The van der Waals surface area contributed by atoms with E-state index in [1.54, 1.807) is 42.5 Å². The van der Waals surface area contributed by atoms with Crippen LogP contribution in [0.3, 0.4) is 0 Å². The van der Waals surface area contributed by atoms with E-state index < -0.39 is 16.0 Å². The van der Waals surface area contributed by atoms with Crippen LogP contribution in [0.4, 0.5) is 0 Å². The molecule has 0 aliphatic heterocycles. The van der Waals surface area contributed by atoms with Gasteiger partial charge < -0.3 is 5.11 Å². The highest BCUT2D eigenvalue weighted by Crippen LogP contribution is 2.28. The average molecular weight is 378 g/mol. The van der Waals surface area contributed by atoms with Gasteiger partial charge in [-0.1, -0.05) is 29.8 Å². The molecule has 0 saturated heterocycles. The number of carboxylic acid groups (broad SMARTS) is 1. The van der Waals surface area contributed by atoms with Crippen LogP contribution in [0, 0.1) is 0 Å². The number of rotatable bonds is 6. The van der Waals surface area contributed by atoms with Crippen LogP contribution in [0.5, 0.6) is 0 Å². The molecule has 3 aromatic rings. The lowest BCUT2D eigenvalue weighted by Gasteiger charge is -2.12. The number of aliphatic carboxylic acids is 1. The van der Waals surface area contributed by atoms with Crippen molar-refractivity contribution < 1.29 is 18.3 Å². The van der Waals surface area contributed by atoms with E-state index in [-0.39, 0.29) is 11.3 Å². The number of carboxylic acids is 1. The van der Waals surface area contributed by atoms with Crippen molar-refractivity contribution in [1.82, 2.24) is 3.97 Å². The maximum atomic E-state index is 13.1. The Labute approximate surface area is 150 Å². The molecule has 1 N–H and O–H groups in total. The van der Waals surface area contributed by atoms with Gasteiger partial charge in [0.05, 0.1) is 10.4 Å². The number of hydrogen-bond acceptors (Lipinski definition) is 3. The zero-order chi connectivity index (χ0) is 18.0. The molecule has 0 amide bonds. The van der Waals surface area contributed by atoms with Gasteiger partial charge in [0.15, 0.2) is 0 Å². The van der Waals surface area contributed by atoms with Crippen molar-refractivity contribution in [2.24, 2.45) is 0 Å². The molecule has 0 bridgehead atoms. The summed E-state index contributed by atoms with van der Waals surface area (Å²) in [4.78, 5) is 10.9. The van der Waals surface area contributed by atoms with Gasteiger partial charge in [-0.3, -0.25) is 4.79 Å². The Balaban J connectivity index is 2.15. The van der Waals surface area contributed by atoms with Crippen molar-refractivity contribution in [2.75, 3.05) is 0 Å². The number of carbonyl (C=O) groups is 1. The van der Waals surface area contributed by atoms with E-state index >= 15 is 0 Å². The van der Waals surface area contributed by atoms with E-state index in [9.17, 15) is 13.2 Å². The Hall–Kier alpha value is -2.31. The molecule has 0 unspecified atom stereocenters. The fraction of sp³-hybridized carbons (Fsp3) is 0.167. The normalized spacial score (nSPS) is 11.7. The van der Waals surface area contributed by atoms with E-state index in [4.69, 9.17) is 16.7 Å². The van der Waals surface area contributed by atoms with Gasteiger partial charge in [-0.15, -0.1) is 0 Å². The highest BCUT2D eigenvalue weighted by molar-refractivity contribution is 7.90. The molecule has 0 aliphatic rings. The molecule has 5 nitrogen and oxygen atoms in total. The van der Waals surface area contributed by atoms with Gasteiger partial charge in [0.1, 0.15) is 0 Å². The monoisotopic (exact) mass is 377 g/mol. The van der Waals surface area contributed by atoms with Crippen LogP contribution in [-0.2, 0) is 21.2 Å². The molecule has 1 heterocycles. The lowest BCUT2D eigenvalue weighted by atomic mass is 10.2. The van der Waals surface area contributed by atoms with Gasteiger partial charge >= 0.3 is 5.97 Å². The lowest BCUT2D eigenvalue weighted by Crippen LogP contribution is -2.15. The van der Waals surface area contributed by atoms with Crippen molar-refractivity contribution in [3.05, 3.63) is 65.3 Å². The topological polar surface area (TPSA) is 76.4 Å². The zero-order valence-corrected chi connectivity index (χ0v) is 14.8. The first-order valence-electron chi connectivity index (χ1n) is 7.72. The molecule has 0 fully saturated rings. The Bertz CT molecular complexity index is 1030. The second-order valence-electron chi connectivity index (χ2n) is 5.67. The third-order valence-corrected chi connectivity index (χ3v) is 5.91. The summed E-state index contributed by atoms with van der Waals surface area (Å²) in [6, 6.07) is 14.9. The number of hydrogen-bond donors (Lipinski definition) is 1.